The number of hydrogen-bond acceptors (Lipinski definition) is 1. The summed E-state index contributed by atoms with van der Waals surface area (Å²) >= 11 is 1.81. The molecule has 0 atom stereocenters. The summed E-state index contributed by atoms with van der Waals surface area (Å²) in [4.78, 5) is 0. The van der Waals surface area contributed by atoms with Crippen molar-refractivity contribution >= 4 is 21.6 Å². The van der Waals surface area contributed by atoms with Gasteiger partial charge < -0.3 is 4.57 Å². The highest BCUT2D eigenvalue weighted by atomic mass is 32.1. The maximum absolute atomic E-state index is 2.17. The molecule has 2 heteroatoms. The standard InChI is InChI=1S/C8H9NS/c1-6-5-9(2)7-3-4-10-8(6)7/h3-5H,1-2H3. The molecule has 0 aliphatic rings. The van der Waals surface area contributed by atoms with Gasteiger partial charge in [-0.25, -0.2) is 0 Å². The van der Waals surface area contributed by atoms with E-state index < -0.39 is 0 Å². The minimum Gasteiger partial charge on any atom is -0.350 e. The second-order valence-electron chi connectivity index (χ2n) is 2.56. The number of fused-ring (bicyclic) bond motifs is 1. The molecule has 0 spiro atoms. The van der Waals surface area contributed by atoms with E-state index in [0.29, 0.717) is 0 Å². The first-order valence-corrected chi connectivity index (χ1v) is 4.16. The van der Waals surface area contributed by atoms with E-state index in [0.717, 1.165) is 0 Å². The Labute approximate surface area is 63.9 Å². The van der Waals surface area contributed by atoms with E-state index in [1.807, 2.05) is 11.3 Å². The smallest absolute Gasteiger partial charge is 0.0589 e. The summed E-state index contributed by atoms with van der Waals surface area (Å²) in [5, 5.41) is 2.14. The number of hydrogen-bond donors (Lipinski definition) is 0. The molecule has 0 saturated carbocycles. The van der Waals surface area contributed by atoms with Gasteiger partial charge in [-0.2, -0.15) is 0 Å². The van der Waals surface area contributed by atoms with Gasteiger partial charge in [0.2, 0.25) is 0 Å². The number of aryl methyl sites for hydroxylation is 2. The Morgan fingerprint density at radius 1 is 1.50 bits per heavy atom. The van der Waals surface area contributed by atoms with E-state index in [1.54, 1.807) is 0 Å². The van der Waals surface area contributed by atoms with Crippen molar-refractivity contribution in [1.29, 1.82) is 0 Å². The molecule has 10 heavy (non-hydrogen) atoms. The molecule has 1 nitrogen and oxygen atoms in total. The van der Waals surface area contributed by atoms with Gasteiger partial charge in [-0.05, 0) is 23.9 Å². The second kappa shape index (κ2) is 1.86. The van der Waals surface area contributed by atoms with Crippen molar-refractivity contribution in [3.8, 4) is 0 Å². The van der Waals surface area contributed by atoms with Gasteiger partial charge in [0.25, 0.3) is 0 Å². The SMILES string of the molecule is Cc1cn(C)c2ccsc12. The fraction of sp³-hybridized carbons (Fsp3) is 0.250. The summed E-state index contributed by atoms with van der Waals surface area (Å²) in [5.74, 6) is 0. The van der Waals surface area contributed by atoms with Crippen LogP contribution in [0.3, 0.4) is 0 Å². The first-order chi connectivity index (χ1) is 4.79. The zero-order valence-electron chi connectivity index (χ0n) is 6.09. The second-order valence-corrected chi connectivity index (χ2v) is 3.47. The molecule has 2 rings (SSSR count). The van der Waals surface area contributed by atoms with E-state index >= 15 is 0 Å². The lowest BCUT2D eigenvalue weighted by atomic mass is 10.4. The van der Waals surface area contributed by atoms with E-state index in [1.165, 1.54) is 15.8 Å². The molecule has 0 aliphatic heterocycles. The maximum atomic E-state index is 2.17. The Hall–Kier alpha value is -0.760. The Morgan fingerprint density at radius 2 is 2.30 bits per heavy atom. The molecule has 0 fully saturated rings. The van der Waals surface area contributed by atoms with Crippen LogP contribution in [0.4, 0.5) is 0 Å². The molecule has 0 aromatic carbocycles. The molecule has 0 saturated heterocycles. The molecule has 0 amide bonds. The Kier molecular flexibility index (Phi) is 1.11. The molecule has 0 N–H and O–H groups in total. The normalized spacial score (nSPS) is 11.0. The van der Waals surface area contributed by atoms with Crippen LogP contribution < -0.4 is 0 Å². The average Bonchev–Trinajstić information content (AvgIpc) is 2.39. The number of rotatable bonds is 0. The van der Waals surface area contributed by atoms with Crippen LogP contribution in [0.1, 0.15) is 5.56 Å². The van der Waals surface area contributed by atoms with Crippen molar-refractivity contribution in [3.63, 3.8) is 0 Å². The van der Waals surface area contributed by atoms with Crippen molar-refractivity contribution in [1.82, 2.24) is 4.57 Å². The van der Waals surface area contributed by atoms with Crippen LogP contribution >= 0.6 is 11.3 Å². The van der Waals surface area contributed by atoms with Crippen LogP contribution in [0, 0.1) is 6.92 Å². The van der Waals surface area contributed by atoms with Gasteiger partial charge in [-0.3, -0.25) is 0 Å². The van der Waals surface area contributed by atoms with E-state index in [4.69, 9.17) is 0 Å². The van der Waals surface area contributed by atoms with Gasteiger partial charge in [0.15, 0.2) is 0 Å². The summed E-state index contributed by atoms with van der Waals surface area (Å²) in [6.07, 6.45) is 2.17. The van der Waals surface area contributed by atoms with Crippen LogP contribution in [-0.2, 0) is 7.05 Å². The largest absolute Gasteiger partial charge is 0.350 e. The van der Waals surface area contributed by atoms with Crippen LogP contribution in [0.25, 0.3) is 10.2 Å². The third-order valence-corrected chi connectivity index (χ3v) is 2.81. The average molecular weight is 151 g/mol. The van der Waals surface area contributed by atoms with Crippen LogP contribution in [-0.4, -0.2) is 4.57 Å². The van der Waals surface area contributed by atoms with Crippen molar-refractivity contribution in [3.05, 3.63) is 23.2 Å². The molecule has 2 aromatic heterocycles. The number of aromatic nitrogens is 1. The summed E-state index contributed by atoms with van der Waals surface area (Å²) in [6, 6.07) is 2.16. The number of nitrogens with zero attached hydrogens (tertiary/aromatic N) is 1. The summed E-state index contributed by atoms with van der Waals surface area (Å²) < 4.78 is 3.59. The predicted octanol–water partition coefficient (Wildman–Crippen LogP) is 2.55. The van der Waals surface area contributed by atoms with Crippen LogP contribution in [0.5, 0.6) is 0 Å². The van der Waals surface area contributed by atoms with Crippen molar-refractivity contribution in [2.45, 2.75) is 6.92 Å². The minimum absolute atomic E-state index is 1.35. The molecule has 0 radical (unpaired) electrons. The quantitative estimate of drug-likeness (QED) is 0.545. The fourth-order valence-corrected chi connectivity index (χ4v) is 2.20. The van der Waals surface area contributed by atoms with E-state index in [-0.39, 0.29) is 0 Å². The highest BCUT2D eigenvalue weighted by molar-refractivity contribution is 7.17. The van der Waals surface area contributed by atoms with E-state index in [2.05, 4.69) is 36.2 Å². The molecular weight excluding hydrogens is 142 g/mol. The molecule has 0 aliphatic carbocycles. The minimum atomic E-state index is 1.35. The topological polar surface area (TPSA) is 4.93 Å². The van der Waals surface area contributed by atoms with Gasteiger partial charge in [0, 0.05) is 13.2 Å². The highest BCUT2D eigenvalue weighted by Gasteiger charge is 2.01. The predicted molar refractivity (Wildman–Crippen MR) is 45.5 cm³/mol. The lowest BCUT2D eigenvalue weighted by molar-refractivity contribution is 0.965. The first-order valence-electron chi connectivity index (χ1n) is 3.28. The van der Waals surface area contributed by atoms with Gasteiger partial charge in [0.05, 0.1) is 10.2 Å². The maximum Gasteiger partial charge on any atom is 0.0589 e. The molecule has 0 bridgehead atoms. The third-order valence-electron chi connectivity index (χ3n) is 1.77. The van der Waals surface area contributed by atoms with Crippen LogP contribution in [0.15, 0.2) is 17.6 Å². The van der Waals surface area contributed by atoms with Gasteiger partial charge in [-0.1, -0.05) is 0 Å². The monoisotopic (exact) mass is 151 g/mol. The number of thiophene rings is 1. The van der Waals surface area contributed by atoms with Crippen molar-refractivity contribution < 1.29 is 0 Å². The van der Waals surface area contributed by atoms with Gasteiger partial charge in [-0.15, -0.1) is 11.3 Å². The lowest BCUT2D eigenvalue weighted by Gasteiger charge is -1.86. The summed E-state index contributed by atoms with van der Waals surface area (Å²) in [7, 11) is 2.09. The molecule has 2 aromatic rings. The highest BCUT2D eigenvalue weighted by Crippen LogP contribution is 2.24. The Morgan fingerprint density at radius 3 is 3.00 bits per heavy atom. The third kappa shape index (κ3) is 0.625. The zero-order chi connectivity index (χ0) is 7.14. The van der Waals surface area contributed by atoms with Crippen molar-refractivity contribution in [2.24, 2.45) is 7.05 Å². The van der Waals surface area contributed by atoms with Crippen molar-refractivity contribution in [2.75, 3.05) is 0 Å². The van der Waals surface area contributed by atoms with E-state index in [9.17, 15) is 0 Å². The molecular formula is C8H9NS. The Balaban J connectivity index is 2.98. The summed E-state index contributed by atoms with van der Waals surface area (Å²) in [5.41, 5.74) is 2.73. The Bertz CT molecular complexity index is 325. The lowest BCUT2D eigenvalue weighted by Crippen LogP contribution is -1.79. The zero-order valence-corrected chi connectivity index (χ0v) is 6.90. The fourth-order valence-electron chi connectivity index (χ4n) is 1.29. The molecule has 52 valence electrons. The first kappa shape index (κ1) is 5.98. The molecule has 2 heterocycles. The van der Waals surface area contributed by atoms with Gasteiger partial charge in [0.1, 0.15) is 0 Å². The molecule has 0 unspecified atom stereocenters. The van der Waals surface area contributed by atoms with Crippen LogP contribution in [0.2, 0.25) is 0 Å². The van der Waals surface area contributed by atoms with Gasteiger partial charge >= 0.3 is 0 Å². The summed E-state index contributed by atoms with van der Waals surface area (Å²) in [6.45, 7) is 2.15.